The molecule has 0 aromatic carbocycles. The quantitative estimate of drug-likeness (QED) is 0.808. The number of hydrogen-bond acceptors (Lipinski definition) is 2. The molecule has 0 aliphatic rings. The van der Waals surface area contributed by atoms with E-state index in [1.54, 1.807) is 11.3 Å². The molecule has 4 heteroatoms. The highest BCUT2D eigenvalue weighted by atomic mass is 79.9. The molecule has 0 unspecified atom stereocenters. The molecule has 0 aliphatic heterocycles. The summed E-state index contributed by atoms with van der Waals surface area (Å²) in [6.07, 6.45) is 2.78. The van der Waals surface area contributed by atoms with E-state index in [2.05, 4.69) is 38.4 Å². The maximum absolute atomic E-state index is 4.18. The summed E-state index contributed by atoms with van der Waals surface area (Å²) in [7, 11) is 2.01. The second-order valence-electron chi connectivity index (χ2n) is 2.85. The molecular weight excluding hydrogens is 248 g/mol. The Morgan fingerprint density at radius 2 is 2.46 bits per heavy atom. The first-order chi connectivity index (χ1) is 6.27. The fourth-order valence-corrected chi connectivity index (χ4v) is 2.42. The summed E-state index contributed by atoms with van der Waals surface area (Å²) < 4.78 is 2.99. The summed E-state index contributed by atoms with van der Waals surface area (Å²) in [5.41, 5.74) is 1.22. The zero-order valence-corrected chi connectivity index (χ0v) is 9.60. The molecule has 2 rings (SSSR count). The monoisotopic (exact) mass is 256 g/mol. The third-order valence-electron chi connectivity index (χ3n) is 1.93. The number of imidazole rings is 1. The van der Waals surface area contributed by atoms with Gasteiger partial charge in [-0.05, 0) is 27.4 Å². The number of aromatic nitrogens is 2. The number of nitrogens with zero attached hydrogens (tertiary/aromatic N) is 2. The highest BCUT2D eigenvalue weighted by molar-refractivity contribution is 9.10. The van der Waals surface area contributed by atoms with Crippen molar-refractivity contribution in [1.29, 1.82) is 0 Å². The van der Waals surface area contributed by atoms with Crippen molar-refractivity contribution in [1.82, 2.24) is 9.55 Å². The fourth-order valence-electron chi connectivity index (χ4n) is 1.20. The molecule has 0 spiro atoms. The van der Waals surface area contributed by atoms with Crippen molar-refractivity contribution in [3.63, 3.8) is 0 Å². The molecule has 0 amide bonds. The highest BCUT2D eigenvalue weighted by Crippen LogP contribution is 2.20. The molecule has 0 atom stereocenters. The largest absolute Gasteiger partial charge is 0.336 e. The molecule has 2 nitrogen and oxygen atoms in total. The Kier molecular flexibility index (Phi) is 2.51. The van der Waals surface area contributed by atoms with Gasteiger partial charge in [0.2, 0.25) is 0 Å². The van der Waals surface area contributed by atoms with Crippen molar-refractivity contribution in [2.75, 3.05) is 0 Å². The lowest BCUT2D eigenvalue weighted by Crippen LogP contribution is -1.95. The summed E-state index contributed by atoms with van der Waals surface area (Å²) in [6, 6.07) is 4.22. The van der Waals surface area contributed by atoms with Gasteiger partial charge >= 0.3 is 0 Å². The molecule has 68 valence electrons. The van der Waals surface area contributed by atoms with E-state index in [4.69, 9.17) is 0 Å². The Bertz CT molecular complexity index is 372. The molecule has 0 saturated carbocycles. The van der Waals surface area contributed by atoms with Crippen molar-refractivity contribution in [3.05, 3.63) is 39.0 Å². The van der Waals surface area contributed by atoms with Gasteiger partial charge in [0.1, 0.15) is 4.60 Å². The lowest BCUT2D eigenvalue weighted by atomic mass is 10.3. The van der Waals surface area contributed by atoms with E-state index in [1.807, 2.05) is 17.9 Å². The van der Waals surface area contributed by atoms with Gasteiger partial charge in [-0.2, -0.15) is 0 Å². The average Bonchev–Trinajstić information content (AvgIpc) is 2.70. The summed E-state index contributed by atoms with van der Waals surface area (Å²) >= 11 is 5.21. The van der Waals surface area contributed by atoms with Crippen molar-refractivity contribution in [2.45, 2.75) is 6.42 Å². The molecule has 0 bridgehead atoms. The molecule has 13 heavy (non-hydrogen) atoms. The zero-order valence-electron chi connectivity index (χ0n) is 7.20. The van der Waals surface area contributed by atoms with Crippen molar-refractivity contribution >= 4 is 27.3 Å². The number of thiophene rings is 1. The SMILES string of the molecule is Cn1cnc(Br)c1Cc1cccs1. The number of rotatable bonds is 2. The lowest BCUT2D eigenvalue weighted by Gasteiger charge is -2.00. The van der Waals surface area contributed by atoms with Gasteiger partial charge in [-0.3, -0.25) is 0 Å². The predicted octanol–water partition coefficient (Wildman–Crippen LogP) is 2.83. The van der Waals surface area contributed by atoms with Crippen molar-refractivity contribution in [2.24, 2.45) is 7.05 Å². The summed E-state index contributed by atoms with van der Waals surface area (Å²) in [5.74, 6) is 0. The molecule has 0 saturated heterocycles. The maximum atomic E-state index is 4.18. The predicted molar refractivity (Wildman–Crippen MR) is 58.0 cm³/mol. The zero-order chi connectivity index (χ0) is 9.26. The van der Waals surface area contributed by atoms with Crippen LogP contribution < -0.4 is 0 Å². The minimum absolute atomic E-state index is 0.948. The van der Waals surface area contributed by atoms with Gasteiger partial charge in [-0.1, -0.05) is 6.07 Å². The maximum Gasteiger partial charge on any atom is 0.127 e. The molecule has 0 radical (unpaired) electrons. The van der Waals surface area contributed by atoms with Crippen LogP contribution in [0.2, 0.25) is 0 Å². The Morgan fingerprint density at radius 1 is 1.62 bits per heavy atom. The van der Waals surface area contributed by atoms with Gasteiger partial charge in [0, 0.05) is 18.3 Å². The Balaban J connectivity index is 2.27. The van der Waals surface area contributed by atoms with E-state index in [1.165, 1.54) is 10.6 Å². The van der Waals surface area contributed by atoms with E-state index in [-0.39, 0.29) is 0 Å². The van der Waals surface area contributed by atoms with E-state index >= 15 is 0 Å². The number of aryl methyl sites for hydroxylation is 1. The molecular formula is C9H9BrN2S. The van der Waals surface area contributed by atoms with E-state index in [9.17, 15) is 0 Å². The molecule has 0 aliphatic carbocycles. The third-order valence-corrected chi connectivity index (χ3v) is 3.47. The molecule has 0 N–H and O–H groups in total. The second-order valence-corrected chi connectivity index (χ2v) is 4.63. The lowest BCUT2D eigenvalue weighted by molar-refractivity contribution is 0.847. The van der Waals surface area contributed by atoms with Gasteiger partial charge in [-0.25, -0.2) is 4.98 Å². The van der Waals surface area contributed by atoms with E-state index < -0.39 is 0 Å². The normalized spacial score (nSPS) is 10.6. The number of hydrogen-bond donors (Lipinski definition) is 0. The smallest absolute Gasteiger partial charge is 0.127 e. The van der Waals surface area contributed by atoms with Crippen LogP contribution in [0.15, 0.2) is 28.4 Å². The molecule has 2 heterocycles. The molecule has 2 aromatic heterocycles. The van der Waals surface area contributed by atoms with E-state index in [0.717, 1.165) is 11.0 Å². The van der Waals surface area contributed by atoms with Crippen LogP contribution in [-0.4, -0.2) is 9.55 Å². The molecule has 2 aromatic rings. The van der Waals surface area contributed by atoms with Crippen molar-refractivity contribution in [3.8, 4) is 0 Å². The minimum atomic E-state index is 0.948. The summed E-state index contributed by atoms with van der Waals surface area (Å²) in [4.78, 5) is 5.55. The van der Waals surface area contributed by atoms with Crippen LogP contribution in [0.4, 0.5) is 0 Å². The minimum Gasteiger partial charge on any atom is -0.336 e. The standard InChI is InChI=1S/C9H9BrN2S/c1-12-6-11-9(10)8(12)5-7-3-2-4-13-7/h2-4,6H,5H2,1H3. The van der Waals surface area contributed by atoms with Gasteiger partial charge in [0.25, 0.3) is 0 Å². The van der Waals surface area contributed by atoms with Crippen LogP contribution in [0.25, 0.3) is 0 Å². The second kappa shape index (κ2) is 3.64. The van der Waals surface area contributed by atoms with Gasteiger partial charge in [0.05, 0.1) is 12.0 Å². The van der Waals surface area contributed by atoms with Crippen LogP contribution in [0, 0.1) is 0 Å². The van der Waals surface area contributed by atoms with E-state index in [0.29, 0.717) is 0 Å². The van der Waals surface area contributed by atoms with Crippen LogP contribution in [0.3, 0.4) is 0 Å². The third kappa shape index (κ3) is 1.84. The topological polar surface area (TPSA) is 17.8 Å². The first-order valence-corrected chi connectivity index (χ1v) is 5.62. The van der Waals surface area contributed by atoms with Gasteiger partial charge < -0.3 is 4.57 Å². The van der Waals surface area contributed by atoms with Crippen LogP contribution in [0.1, 0.15) is 10.6 Å². The first kappa shape index (κ1) is 8.97. The van der Waals surface area contributed by atoms with Crippen LogP contribution in [0.5, 0.6) is 0 Å². The highest BCUT2D eigenvalue weighted by Gasteiger charge is 2.06. The molecule has 0 fully saturated rings. The Hall–Kier alpha value is -0.610. The van der Waals surface area contributed by atoms with Crippen LogP contribution in [-0.2, 0) is 13.5 Å². The fraction of sp³-hybridized carbons (Fsp3) is 0.222. The van der Waals surface area contributed by atoms with Crippen LogP contribution >= 0.6 is 27.3 Å². The first-order valence-electron chi connectivity index (χ1n) is 3.95. The van der Waals surface area contributed by atoms with Gasteiger partial charge in [-0.15, -0.1) is 11.3 Å². The summed E-state index contributed by atoms with van der Waals surface area (Å²) in [6.45, 7) is 0. The van der Waals surface area contributed by atoms with Gasteiger partial charge in [0.15, 0.2) is 0 Å². The average molecular weight is 257 g/mol. The Labute approximate surface area is 89.4 Å². The van der Waals surface area contributed by atoms with Crippen molar-refractivity contribution < 1.29 is 0 Å². The Morgan fingerprint density at radius 3 is 3.00 bits per heavy atom. The number of halogens is 1. The summed E-state index contributed by atoms with van der Waals surface area (Å²) in [5, 5.41) is 2.10.